The predicted molar refractivity (Wildman–Crippen MR) is 82.0 cm³/mol. The molecular formula is C13H19BrN2O3S. The van der Waals surface area contributed by atoms with Crippen molar-refractivity contribution in [1.29, 1.82) is 0 Å². The number of carbonyl (C=O) groups is 1. The average Bonchev–Trinajstić information content (AvgIpc) is 2.38. The number of halogens is 1. The number of benzene rings is 1. The zero-order valence-corrected chi connectivity index (χ0v) is 14.2. The number of nitrogens with zero attached hydrogens (tertiary/aromatic N) is 1. The Balaban J connectivity index is 3.28. The second-order valence-electron chi connectivity index (χ2n) is 4.54. The van der Waals surface area contributed by atoms with Crippen molar-refractivity contribution >= 4 is 31.9 Å². The number of hydrogen-bond acceptors (Lipinski definition) is 3. The van der Waals surface area contributed by atoms with Crippen LogP contribution in [0.15, 0.2) is 27.6 Å². The Morgan fingerprint density at radius 2 is 2.00 bits per heavy atom. The van der Waals surface area contributed by atoms with Crippen molar-refractivity contribution in [3.05, 3.63) is 28.2 Å². The minimum Gasteiger partial charge on any atom is -0.336 e. The van der Waals surface area contributed by atoms with Gasteiger partial charge in [0.1, 0.15) is 0 Å². The molecule has 0 saturated heterocycles. The number of nitrogens with two attached hydrogens (primary N) is 1. The minimum atomic E-state index is -3.83. The molecule has 0 aliphatic heterocycles. The van der Waals surface area contributed by atoms with Gasteiger partial charge in [0, 0.05) is 17.1 Å². The van der Waals surface area contributed by atoms with Gasteiger partial charge < -0.3 is 4.90 Å². The summed E-state index contributed by atoms with van der Waals surface area (Å²) >= 11 is 3.28. The van der Waals surface area contributed by atoms with Crippen LogP contribution >= 0.6 is 15.9 Å². The van der Waals surface area contributed by atoms with E-state index in [9.17, 15) is 13.2 Å². The standard InChI is InChI=1S/C13H19BrN2O3S/c1-4-9(3)16(5-2)13(17)11-8-10(20(15,18)19)6-7-12(11)14/h6-9H,4-5H2,1-3H3,(H2,15,18,19). The topological polar surface area (TPSA) is 80.5 Å². The van der Waals surface area contributed by atoms with Crippen LogP contribution in [-0.4, -0.2) is 31.8 Å². The first-order chi connectivity index (χ1) is 9.22. The maximum Gasteiger partial charge on any atom is 0.255 e. The summed E-state index contributed by atoms with van der Waals surface area (Å²) in [4.78, 5) is 14.2. The first-order valence-corrected chi connectivity index (χ1v) is 8.69. The van der Waals surface area contributed by atoms with Gasteiger partial charge in [0.25, 0.3) is 5.91 Å². The Morgan fingerprint density at radius 3 is 2.45 bits per heavy atom. The lowest BCUT2D eigenvalue weighted by atomic mass is 10.1. The van der Waals surface area contributed by atoms with Gasteiger partial charge in [0.2, 0.25) is 10.0 Å². The molecule has 5 nitrogen and oxygen atoms in total. The Kier molecular flexibility index (Phi) is 5.73. The molecule has 1 atom stereocenters. The molecule has 2 N–H and O–H groups in total. The van der Waals surface area contributed by atoms with Crippen molar-refractivity contribution < 1.29 is 13.2 Å². The highest BCUT2D eigenvalue weighted by Gasteiger charge is 2.22. The first kappa shape index (κ1) is 17.1. The third-order valence-electron chi connectivity index (χ3n) is 3.22. The van der Waals surface area contributed by atoms with E-state index < -0.39 is 10.0 Å². The van der Waals surface area contributed by atoms with Crippen LogP contribution in [0.25, 0.3) is 0 Å². The molecule has 0 saturated carbocycles. The lowest BCUT2D eigenvalue weighted by Crippen LogP contribution is -2.38. The normalized spacial score (nSPS) is 13.1. The van der Waals surface area contributed by atoms with Crippen molar-refractivity contribution in [3.63, 3.8) is 0 Å². The lowest BCUT2D eigenvalue weighted by Gasteiger charge is -2.27. The van der Waals surface area contributed by atoms with Crippen molar-refractivity contribution in [3.8, 4) is 0 Å². The number of sulfonamides is 1. The number of amides is 1. The summed E-state index contributed by atoms with van der Waals surface area (Å²) < 4.78 is 23.3. The van der Waals surface area contributed by atoms with Crippen LogP contribution in [0.4, 0.5) is 0 Å². The van der Waals surface area contributed by atoms with E-state index in [1.807, 2.05) is 20.8 Å². The summed E-state index contributed by atoms with van der Waals surface area (Å²) in [6.45, 7) is 6.40. The number of rotatable bonds is 5. The van der Waals surface area contributed by atoms with Gasteiger partial charge in [-0.1, -0.05) is 6.92 Å². The highest BCUT2D eigenvalue weighted by Crippen LogP contribution is 2.23. The SMILES string of the molecule is CCC(C)N(CC)C(=O)c1cc(S(N)(=O)=O)ccc1Br. The summed E-state index contributed by atoms with van der Waals surface area (Å²) in [7, 11) is -3.83. The van der Waals surface area contributed by atoms with Crippen molar-refractivity contribution in [1.82, 2.24) is 4.90 Å². The third kappa shape index (κ3) is 3.80. The molecule has 0 aliphatic rings. The third-order valence-corrected chi connectivity index (χ3v) is 4.82. The molecule has 1 unspecified atom stereocenters. The number of hydrogen-bond donors (Lipinski definition) is 1. The van der Waals surface area contributed by atoms with E-state index in [0.717, 1.165) is 6.42 Å². The summed E-state index contributed by atoms with van der Waals surface area (Å²) in [5.74, 6) is -0.209. The van der Waals surface area contributed by atoms with Crippen molar-refractivity contribution in [2.75, 3.05) is 6.54 Å². The maximum absolute atomic E-state index is 12.5. The molecule has 0 aromatic heterocycles. The van der Waals surface area contributed by atoms with E-state index in [1.54, 1.807) is 4.90 Å². The molecular weight excluding hydrogens is 344 g/mol. The molecule has 1 aromatic carbocycles. The van der Waals surface area contributed by atoms with Crippen LogP contribution in [-0.2, 0) is 10.0 Å². The fraction of sp³-hybridized carbons (Fsp3) is 0.462. The monoisotopic (exact) mass is 362 g/mol. The smallest absolute Gasteiger partial charge is 0.255 e. The predicted octanol–water partition coefficient (Wildman–Crippen LogP) is 2.36. The molecule has 1 amide bonds. The summed E-state index contributed by atoms with van der Waals surface area (Å²) in [6.07, 6.45) is 0.825. The van der Waals surface area contributed by atoms with Crippen molar-refractivity contribution in [2.45, 2.75) is 38.1 Å². The Bertz CT molecular complexity index is 602. The molecule has 7 heteroatoms. The maximum atomic E-state index is 12.5. The fourth-order valence-electron chi connectivity index (χ4n) is 1.88. The van der Waals surface area contributed by atoms with Gasteiger partial charge in [0.15, 0.2) is 0 Å². The molecule has 112 valence electrons. The molecule has 0 spiro atoms. The van der Waals surface area contributed by atoms with Crippen LogP contribution in [0.1, 0.15) is 37.6 Å². The zero-order chi connectivity index (χ0) is 15.5. The zero-order valence-electron chi connectivity index (χ0n) is 11.8. The van der Waals surface area contributed by atoms with Crippen molar-refractivity contribution in [2.24, 2.45) is 5.14 Å². The summed E-state index contributed by atoms with van der Waals surface area (Å²) in [5.41, 5.74) is 0.304. The van der Waals surface area contributed by atoms with Crippen LogP contribution in [0, 0.1) is 0 Å². The molecule has 1 rings (SSSR count). The Hall–Kier alpha value is -0.920. The molecule has 20 heavy (non-hydrogen) atoms. The Labute approximate surface area is 128 Å². The lowest BCUT2D eigenvalue weighted by molar-refractivity contribution is 0.0698. The average molecular weight is 363 g/mol. The second-order valence-corrected chi connectivity index (χ2v) is 6.95. The van der Waals surface area contributed by atoms with E-state index in [1.165, 1.54) is 18.2 Å². The van der Waals surface area contributed by atoms with Gasteiger partial charge in [-0.15, -0.1) is 0 Å². The van der Waals surface area contributed by atoms with Crippen LogP contribution in [0.5, 0.6) is 0 Å². The highest BCUT2D eigenvalue weighted by atomic mass is 79.9. The molecule has 0 fully saturated rings. The second kappa shape index (κ2) is 6.69. The quantitative estimate of drug-likeness (QED) is 0.872. The molecule has 0 radical (unpaired) electrons. The van der Waals surface area contributed by atoms with E-state index in [0.29, 0.717) is 16.6 Å². The molecule has 0 heterocycles. The molecule has 0 aliphatic carbocycles. The van der Waals surface area contributed by atoms with Crippen LogP contribution in [0.3, 0.4) is 0 Å². The van der Waals surface area contributed by atoms with Crippen LogP contribution in [0.2, 0.25) is 0 Å². The molecule has 0 bridgehead atoms. The first-order valence-electron chi connectivity index (χ1n) is 6.35. The van der Waals surface area contributed by atoms with Gasteiger partial charge in [-0.2, -0.15) is 0 Å². The van der Waals surface area contributed by atoms with Gasteiger partial charge in [-0.3, -0.25) is 4.79 Å². The summed E-state index contributed by atoms with van der Waals surface area (Å²) in [6, 6.07) is 4.29. The summed E-state index contributed by atoms with van der Waals surface area (Å²) in [5, 5.41) is 5.10. The van der Waals surface area contributed by atoms with Gasteiger partial charge in [-0.25, -0.2) is 13.6 Å². The van der Waals surface area contributed by atoms with E-state index in [-0.39, 0.29) is 16.8 Å². The minimum absolute atomic E-state index is 0.0655. The largest absolute Gasteiger partial charge is 0.336 e. The van der Waals surface area contributed by atoms with Crippen LogP contribution < -0.4 is 5.14 Å². The van der Waals surface area contributed by atoms with Gasteiger partial charge >= 0.3 is 0 Å². The number of carbonyl (C=O) groups excluding carboxylic acids is 1. The fourth-order valence-corrected chi connectivity index (χ4v) is 2.83. The van der Waals surface area contributed by atoms with Gasteiger partial charge in [0.05, 0.1) is 10.5 Å². The highest BCUT2D eigenvalue weighted by molar-refractivity contribution is 9.10. The molecule has 1 aromatic rings. The van der Waals surface area contributed by atoms with E-state index in [2.05, 4.69) is 15.9 Å². The van der Waals surface area contributed by atoms with Gasteiger partial charge in [-0.05, 0) is 54.4 Å². The van der Waals surface area contributed by atoms with E-state index >= 15 is 0 Å². The Morgan fingerprint density at radius 1 is 1.40 bits per heavy atom. The number of primary sulfonamides is 1. The van der Waals surface area contributed by atoms with E-state index in [4.69, 9.17) is 5.14 Å².